The van der Waals surface area contributed by atoms with Gasteiger partial charge in [-0.3, -0.25) is 9.59 Å². The Morgan fingerprint density at radius 3 is 1.89 bits per heavy atom. The van der Waals surface area contributed by atoms with Crippen LogP contribution in [0.2, 0.25) is 0 Å². The summed E-state index contributed by atoms with van der Waals surface area (Å²) in [6.07, 6.45) is 1.43. The van der Waals surface area contributed by atoms with Gasteiger partial charge in [0.2, 0.25) is 11.8 Å². The Morgan fingerprint density at radius 2 is 1.37 bits per heavy atom. The monoisotopic (exact) mass is 494 g/mol. The maximum Gasteiger partial charge on any atom is 0.224 e. The number of anilines is 2. The summed E-state index contributed by atoms with van der Waals surface area (Å²) in [5.41, 5.74) is 3.62. The average Bonchev–Trinajstić information content (AvgIpc) is 2.61. The van der Waals surface area contributed by atoms with Crippen molar-refractivity contribution in [3.63, 3.8) is 0 Å². The van der Waals surface area contributed by atoms with Crippen molar-refractivity contribution in [1.82, 2.24) is 0 Å². The van der Waals surface area contributed by atoms with Crippen molar-refractivity contribution in [2.75, 3.05) is 10.6 Å². The number of amides is 2. The molecule has 0 saturated heterocycles. The maximum atomic E-state index is 12.3. The molecule has 0 aliphatic rings. The summed E-state index contributed by atoms with van der Waals surface area (Å²) in [6.45, 7) is 5.90. The number of nitrogens with one attached hydrogen (secondary N) is 2. The molecule has 2 N–H and O–H groups in total. The molecule has 144 valence electrons. The smallest absolute Gasteiger partial charge is 0.224 e. The third-order valence-electron chi connectivity index (χ3n) is 4.48. The van der Waals surface area contributed by atoms with Crippen LogP contribution in [0, 0.1) is 19.8 Å². The van der Waals surface area contributed by atoms with Crippen molar-refractivity contribution >= 4 is 55.0 Å². The van der Waals surface area contributed by atoms with E-state index in [1.807, 2.05) is 57.2 Å². The Labute approximate surface area is 177 Å². The number of halogens is 2. The summed E-state index contributed by atoms with van der Waals surface area (Å²) in [5.74, 6) is 0.0463. The molecule has 2 aromatic carbocycles. The molecular weight excluding hydrogens is 472 g/mol. The van der Waals surface area contributed by atoms with E-state index in [1.54, 1.807) is 0 Å². The van der Waals surface area contributed by atoms with Crippen LogP contribution in [-0.4, -0.2) is 11.8 Å². The van der Waals surface area contributed by atoms with Crippen LogP contribution < -0.4 is 10.6 Å². The van der Waals surface area contributed by atoms with Crippen LogP contribution in [0.25, 0.3) is 0 Å². The van der Waals surface area contributed by atoms with Gasteiger partial charge in [-0.2, -0.15) is 0 Å². The summed E-state index contributed by atoms with van der Waals surface area (Å²) in [4.78, 5) is 24.5. The zero-order valence-electron chi connectivity index (χ0n) is 15.7. The van der Waals surface area contributed by atoms with E-state index in [1.165, 1.54) is 0 Å². The van der Waals surface area contributed by atoms with Gasteiger partial charge in [-0.15, -0.1) is 0 Å². The van der Waals surface area contributed by atoms with E-state index < -0.39 is 0 Å². The van der Waals surface area contributed by atoms with E-state index in [0.29, 0.717) is 19.3 Å². The van der Waals surface area contributed by atoms with E-state index in [-0.39, 0.29) is 17.7 Å². The van der Waals surface area contributed by atoms with Gasteiger partial charge in [-0.1, -0.05) is 50.9 Å². The first-order valence-electron chi connectivity index (χ1n) is 8.88. The lowest BCUT2D eigenvalue weighted by Crippen LogP contribution is -2.18. The fraction of sp³-hybridized carbons (Fsp3) is 0.333. The second kappa shape index (κ2) is 10.0. The molecule has 2 aromatic rings. The Kier molecular flexibility index (Phi) is 8.05. The van der Waals surface area contributed by atoms with Crippen molar-refractivity contribution in [2.24, 2.45) is 5.92 Å². The zero-order valence-corrected chi connectivity index (χ0v) is 18.9. The normalized spacial score (nSPS) is 11.7. The highest BCUT2D eigenvalue weighted by Crippen LogP contribution is 2.25. The zero-order chi connectivity index (χ0) is 20.0. The third kappa shape index (κ3) is 6.47. The molecule has 0 bridgehead atoms. The van der Waals surface area contributed by atoms with Crippen molar-refractivity contribution in [3.05, 3.63) is 56.5 Å². The van der Waals surface area contributed by atoms with Crippen LogP contribution in [0.4, 0.5) is 11.4 Å². The molecule has 0 aliphatic heterocycles. The molecule has 0 aromatic heterocycles. The van der Waals surface area contributed by atoms with Gasteiger partial charge >= 0.3 is 0 Å². The van der Waals surface area contributed by atoms with E-state index in [9.17, 15) is 9.59 Å². The topological polar surface area (TPSA) is 58.2 Å². The fourth-order valence-corrected chi connectivity index (χ4v) is 3.43. The molecule has 2 rings (SSSR count). The average molecular weight is 496 g/mol. The molecule has 4 nitrogen and oxygen atoms in total. The number of carbonyl (C=O) groups excluding carboxylic acids is 2. The highest BCUT2D eigenvalue weighted by molar-refractivity contribution is 9.10. The largest absolute Gasteiger partial charge is 0.326 e. The molecule has 1 atom stereocenters. The van der Waals surface area contributed by atoms with E-state index >= 15 is 0 Å². The van der Waals surface area contributed by atoms with Gasteiger partial charge in [0.25, 0.3) is 0 Å². The van der Waals surface area contributed by atoms with Crippen LogP contribution >= 0.6 is 31.9 Å². The van der Waals surface area contributed by atoms with Gasteiger partial charge in [0, 0.05) is 33.2 Å². The molecule has 2 amide bonds. The molecule has 0 aliphatic carbocycles. The van der Waals surface area contributed by atoms with Crippen molar-refractivity contribution in [3.8, 4) is 0 Å². The Bertz CT molecular complexity index is 837. The summed E-state index contributed by atoms with van der Waals surface area (Å²) in [5, 5.41) is 5.89. The van der Waals surface area contributed by atoms with Gasteiger partial charge < -0.3 is 10.6 Å². The van der Waals surface area contributed by atoms with Crippen LogP contribution in [0.5, 0.6) is 0 Å². The first-order chi connectivity index (χ1) is 12.8. The number of benzene rings is 2. The standard InChI is InChI=1S/C21H24Br2N2O2/c1-13(12-21(27)25-19-9-5-7-17(23)15(19)3)10-11-20(26)24-18-8-4-6-16(22)14(18)2/h4-9,13H,10-12H2,1-3H3,(H,24,26)(H,25,27). The van der Waals surface area contributed by atoms with Crippen molar-refractivity contribution < 1.29 is 9.59 Å². The predicted octanol–water partition coefficient (Wildman–Crippen LogP) is 6.21. The van der Waals surface area contributed by atoms with Gasteiger partial charge in [0.05, 0.1) is 0 Å². The molecule has 1 unspecified atom stereocenters. The maximum absolute atomic E-state index is 12.3. The molecule has 6 heteroatoms. The fourth-order valence-electron chi connectivity index (χ4n) is 2.70. The number of carbonyl (C=O) groups is 2. The first-order valence-corrected chi connectivity index (χ1v) is 10.5. The van der Waals surface area contributed by atoms with Crippen molar-refractivity contribution in [2.45, 2.75) is 40.0 Å². The molecule has 27 heavy (non-hydrogen) atoms. The van der Waals surface area contributed by atoms with Crippen LogP contribution in [-0.2, 0) is 9.59 Å². The second-order valence-corrected chi connectivity index (χ2v) is 8.48. The van der Waals surface area contributed by atoms with Gasteiger partial charge in [-0.25, -0.2) is 0 Å². The van der Waals surface area contributed by atoms with Gasteiger partial charge in [-0.05, 0) is 61.6 Å². The summed E-state index contributed by atoms with van der Waals surface area (Å²) < 4.78 is 1.93. The summed E-state index contributed by atoms with van der Waals surface area (Å²) in [7, 11) is 0. The quantitative estimate of drug-likeness (QED) is 0.479. The molecule has 0 radical (unpaired) electrons. The predicted molar refractivity (Wildman–Crippen MR) is 118 cm³/mol. The molecule has 0 fully saturated rings. The first kappa shape index (κ1) is 21.6. The van der Waals surface area contributed by atoms with Crippen LogP contribution in [0.3, 0.4) is 0 Å². The molecule has 0 spiro atoms. The van der Waals surface area contributed by atoms with E-state index in [4.69, 9.17) is 0 Å². The minimum atomic E-state index is -0.0358. The molecule has 0 heterocycles. The summed E-state index contributed by atoms with van der Waals surface area (Å²) >= 11 is 6.93. The Morgan fingerprint density at radius 1 is 0.889 bits per heavy atom. The Hall–Kier alpha value is -1.66. The number of hydrogen-bond donors (Lipinski definition) is 2. The summed E-state index contributed by atoms with van der Waals surface area (Å²) in [6, 6.07) is 11.4. The van der Waals surface area contributed by atoms with E-state index in [0.717, 1.165) is 31.4 Å². The highest BCUT2D eigenvalue weighted by atomic mass is 79.9. The van der Waals surface area contributed by atoms with E-state index in [2.05, 4.69) is 42.5 Å². The second-order valence-electron chi connectivity index (χ2n) is 6.77. The number of hydrogen-bond acceptors (Lipinski definition) is 2. The lowest BCUT2D eigenvalue weighted by atomic mass is 10.0. The lowest BCUT2D eigenvalue weighted by molar-refractivity contribution is -0.118. The minimum absolute atomic E-state index is 0.0352. The van der Waals surface area contributed by atoms with Gasteiger partial charge in [0.15, 0.2) is 0 Å². The van der Waals surface area contributed by atoms with Crippen molar-refractivity contribution in [1.29, 1.82) is 0 Å². The van der Waals surface area contributed by atoms with Crippen LogP contribution in [0.1, 0.15) is 37.3 Å². The Balaban J connectivity index is 1.80. The molecular formula is C21H24Br2N2O2. The highest BCUT2D eigenvalue weighted by Gasteiger charge is 2.14. The van der Waals surface area contributed by atoms with Crippen LogP contribution in [0.15, 0.2) is 45.3 Å². The minimum Gasteiger partial charge on any atom is -0.326 e. The lowest BCUT2D eigenvalue weighted by Gasteiger charge is -2.14. The molecule has 0 saturated carbocycles. The van der Waals surface area contributed by atoms with Gasteiger partial charge in [0.1, 0.15) is 0 Å². The SMILES string of the molecule is Cc1c(Br)cccc1NC(=O)CCC(C)CC(=O)Nc1cccc(Br)c1C. The third-order valence-corrected chi connectivity index (χ3v) is 6.20. The number of rotatable bonds is 7.